The van der Waals surface area contributed by atoms with Crippen LogP contribution in [0.5, 0.6) is 0 Å². The van der Waals surface area contributed by atoms with Gasteiger partial charge in [-0.2, -0.15) is 5.10 Å². The number of hydrogen-bond acceptors (Lipinski definition) is 4. The Kier molecular flexibility index (Phi) is 3.91. The summed E-state index contributed by atoms with van der Waals surface area (Å²) in [4.78, 5) is 30.6. The smallest absolute Gasteiger partial charge is 0.257 e. The molecule has 4 rings (SSSR count). The fraction of sp³-hybridized carbons (Fsp3) is 0.263. The Balaban J connectivity index is 1.58. The van der Waals surface area contributed by atoms with E-state index in [9.17, 15) is 9.59 Å². The summed E-state index contributed by atoms with van der Waals surface area (Å²) in [5, 5.41) is 8.06. The molecule has 0 radical (unpaired) electrons. The Morgan fingerprint density at radius 3 is 2.88 bits per heavy atom. The number of aryl methyl sites for hydroxylation is 2. The quantitative estimate of drug-likeness (QED) is 0.788. The third kappa shape index (κ3) is 2.81. The molecule has 26 heavy (non-hydrogen) atoms. The van der Waals surface area contributed by atoms with Gasteiger partial charge in [-0.05, 0) is 37.6 Å². The van der Waals surface area contributed by atoms with Crippen LogP contribution in [0.1, 0.15) is 28.9 Å². The number of fused-ring (bicyclic) bond motifs is 1. The van der Waals surface area contributed by atoms with Gasteiger partial charge < -0.3 is 10.2 Å². The van der Waals surface area contributed by atoms with Crippen LogP contribution >= 0.6 is 0 Å². The minimum Gasteiger partial charge on any atom is -0.322 e. The van der Waals surface area contributed by atoms with Crippen LogP contribution < -0.4 is 10.2 Å². The number of hydrogen-bond donors (Lipinski definition) is 1. The maximum atomic E-state index is 12.6. The number of pyridine rings is 1. The first-order valence-electron chi connectivity index (χ1n) is 8.54. The van der Waals surface area contributed by atoms with E-state index in [4.69, 9.17) is 0 Å². The second-order valence-corrected chi connectivity index (χ2v) is 6.46. The Bertz CT molecular complexity index is 1020. The number of carbonyl (C=O) groups is 2. The van der Waals surface area contributed by atoms with E-state index in [-0.39, 0.29) is 11.8 Å². The number of carbonyl (C=O) groups excluding carboxylic acids is 2. The summed E-state index contributed by atoms with van der Waals surface area (Å²) < 4.78 is 1.70. The lowest BCUT2D eigenvalue weighted by Gasteiger charge is -2.16. The Morgan fingerprint density at radius 2 is 2.12 bits per heavy atom. The lowest BCUT2D eigenvalue weighted by molar-refractivity contribution is -0.117. The molecule has 1 aliphatic rings. The van der Waals surface area contributed by atoms with Crippen molar-refractivity contribution in [2.75, 3.05) is 16.8 Å². The van der Waals surface area contributed by atoms with Gasteiger partial charge in [-0.25, -0.2) is 4.98 Å². The Labute approximate surface area is 150 Å². The van der Waals surface area contributed by atoms with Gasteiger partial charge in [0, 0.05) is 43.0 Å². The van der Waals surface area contributed by atoms with E-state index in [1.807, 2.05) is 38.2 Å². The van der Waals surface area contributed by atoms with E-state index < -0.39 is 0 Å². The molecular weight excluding hydrogens is 330 g/mol. The van der Waals surface area contributed by atoms with E-state index in [1.165, 1.54) is 0 Å². The van der Waals surface area contributed by atoms with Crippen LogP contribution in [0.3, 0.4) is 0 Å². The second-order valence-electron chi connectivity index (χ2n) is 6.46. The Hall–Kier alpha value is -3.22. The maximum absolute atomic E-state index is 12.6. The molecule has 0 saturated carbocycles. The zero-order valence-electron chi connectivity index (χ0n) is 14.7. The van der Waals surface area contributed by atoms with Gasteiger partial charge in [0.25, 0.3) is 5.91 Å². The van der Waals surface area contributed by atoms with Gasteiger partial charge in [0.1, 0.15) is 0 Å². The highest BCUT2D eigenvalue weighted by Crippen LogP contribution is 2.25. The molecular formula is C19H19N5O2. The standard InChI is InChI=1S/C19H19N5O2/c1-12-16-9-13(11-20-18(16)23(2)22-12)19(26)21-14-5-3-6-15(10-14)24-8-4-7-17(24)25/h3,5-6,9-11H,4,7-8H2,1-2H3,(H,21,26). The van der Waals surface area contributed by atoms with Crippen LogP contribution in [0.2, 0.25) is 0 Å². The SMILES string of the molecule is Cc1nn(C)c2ncc(C(=O)Nc3cccc(N4CCCC4=O)c3)cc12. The normalized spacial score (nSPS) is 14.2. The van der Waals surface area contributed by atoms with Crippen molar-refractivity contribution in [1.29, 1.82) is 0 Å². The topological polar surface area (TPSA) is 80.1 Å². The molecule has 7 heteroatoms. The molecule has 132 valence electrons. The molecule has 1 aromatic carbocycles. The number of aromatic nitrogens is 3. The van der Waals surface area contributed by atoms with Crippen molar-refractivity contribution in [1.82, 2.24) is 14.8 Å². The molecule has 0 spiro atoms. The number of anilines is 2. The highest BCUT2D eigenvalue weighted by atomic mass is 16.2. The fourth-order valence-electron chi connectivity index (χ4n) is 3.31. The molecule has 1 fully saturated rings. The van der Waals surface area contributed by atoms with Crippen LogP contribution in [-0.4, -0.2) is 33.1 Å². The van der Waals surface area contributed by atoms with Crippen LogP contribution in [0.15, 0.2) is 36.5 Å². The fourth-order valence-corrected chi connectivity index (χ4v) is 3.31. The highest BCUT2D eigenvalue weighted by molar-refractivity contribution is 6.06. The van der Waals surface area contributed by atoms with E-state index in [1.54, 1.807) is 21.8 Å². The van der Waals surface area contributed by atoms with Gasteiger partial charge >= 0.3 is 0 Å². The second kappa shape index (κ2) is 6.25. The number of nitrogens with zero attached hydrogens (tertiary/aromatic N) is 4. The van der Waals surface area contributed by atoms with Crippen molar-refractivity contribution in [3.63, 3.8) is 0 Å². The molecule has 3 aromatic rings. The minimum absolute atomic E-state index is 0.121. The summed E-state index contributed by atoms with van der Waals surface area (Å²) in [5.41, 5.74) is 3.50. The summed E-state index contributed by atoms with van der Waals surface area (Å²) in [6, 6.07) is 9.15. The molecule has 2 amide bonds. The molecule has 1 saturated heterocycles. The minimum atomic E-state index is -0.243. The first-order chi connectivity index (χ1) is 12.5. The van der Waals surface area contributed by atoms with E-state index in [0.717, 1.165) is 35.4 Å². The molecule has 3 heterocycles. The first kappa shape index (κ1) is 16.3. The molecule has 1 aliphatic heterocycles. The molecule has 1 N–H and O–H groups in total. The third-order valence-electron chi connectivity index (χ3n) is 4.61. The summed E-state index contributed by atoms with van der Waals surface area (Å²) in [6.45, 7) is 2.61. The molecule has 7 nitrogen and oxygen atoms in total. The van der Waals surface area contributed by atoms with Gasteiger partial charge in [-0.1, -0.05) is 6.07 Å². The van der Waals surface area contributed by atoms with E-state index in [0.29, 0.717) is 17.7 Å². The van der Waals surface area contributed by atoms with Gasteiger partial charge in [0.15, 0.2) is 5.65 Å². The van der Waals surface area contributed by atoms with Gasteiger partial charge in [0.05, 0.1) is 11.3 Å². The van der Waals surface area contributed by atoms with E-state index >= 15 is 0 Å². The van der Waals surface area contributed by atoms with Crippen molar-refractivity contribution in [2.45, 2.75) is 19.8 Å². The van der Waals surface area contributed by atoms with Gasteiger partial charge in [0.2, 0.25) is 5.91 Å². The molecule has 0 unspecified atom stereocenters. The highest BCUT2D eigenvalue weighted by Gasteiger charge is 2.22. The molecule has 2 aromatic heterocycles. The number of rotatable bonds is 3. The summed E-state index contributed by atoms with van der Waals surface area (Å²) in [7, 11) is 1.83. The van der Waals surface area contributed by atoms with Crippen LogP contribution in [-0.2, 0) is 11.8 Å². The predicted octanol–water partition coefficient (Wildman–Crippen LogP) is 2.66. The van der Waals surface area contributed by atoms with Gasteiger partial charge in [-0.15, -0.1) is 0 Å². The average molecular weight is 349 g/mol. The van der Waals surface area contributed by atoms with Crippen molar-refractivity contribution in [2.24, 2.45) is 7.05 Å². The zero-order valence-corrected chi connectivity index (χ0v) is 14.7. The largest absolute Gasteiger partial charge is 0.322 e. The zero-order chi connectivity index (χ0) is 18.3. The number of amides is 2. The summed E-state index contributed by atoms with van der Waals surface area (Å²) >= 11 is 0. The monoisotopic (exact) mass is 349 g/mol. The molecule has 0 bridgehead atoms. The number of nitrogens with one attached hydrogen (secondary N) is 1. The summed E-state index contributed by atoms with van der Waals surface area (Å²) in [6.07, 6.45) is 2.99. The Morgan fingerprint density at radius 1 is 1.27 bits per heavy atom. The molecule has 0 atom stereocenters. The summed E-state index contributed by atoms with van der Waals surface area (Å²) in [5.74, 6) is -0.122. The van der Waals surface area contributed by atoms with Crippen molar-refractivity contribution >= 4 is 34.2 Å². The van der Waals surface area contributed by atoms with Crippen molar-refractivity contribution in [3.05, 3.63) is 47.8 Å². The van der Waals surface area contributed by atoms with Crippen molar-refractivity contribution in [3.8, 4) is 0 Å². The predicted molar refractivity (Wildman–Crippen MR) is 99.2 cm³/mol. The number of benzene rings is 1. The lowest BCUT2D eigenvalue weighted by Crippen LogP contribution is -2.23. The molecule has 0 aliphatic carbocycles. The lowest BCUT2D eigenvalue weighted by atomic mass is 10.2. The van der Waals surface area contributed by atoms with E-state index in [2.05, 4.69) is 15.4 Å². The van der Waals surface area contributed by atoms with Crippen LogP contribution in [0.4, 0.5) is 11.4 Å². The van der Waals surface area contributed by atoms with Crippen LogP contribution in [0, 0.1) is 6.92 Å². The van der Waals surface area contributed by atoms with Crippen LogP contribution in [0.25, 0.3) is 11.0 Å². The van der Waals surface area contributed by atoms with Gasteiger partial charge in [-0.3, -0.25) is 14.3 Å². The first-order valence-corrected chi connectivity index (χ1v) is 8.54. The average Bonchev–Trinajstić information content (AvgIpc) is 3.18. The maximum Gasteiger partial charge on any atom is 0.257 e. The van der Waals surface area contributed by atoms with Crippen molar-refractivity contribution < 1.29 is 9.59 Å². The third-order valence-corrected chi connectivity index (χ3v) is 4.61.